The lowest BCUT2D eigenvalue weighted by Crippen LogP contribution is -2.34. The van der Waals surface area contributed by atoms with Crippen LogP contribution in [0, 0.1) is 0 Å². The highest BCUT2D eigenvalue weighted by Crippen LogP contribution is 2.33. The maximum absolute atomic E-state index is 13.0. The van der Waals surface area contributed by atoms with Crippen molar-refractivity contribution in [1.29, 1.82) is 0 Å². The summed E-state index contributed by atoms with van der Waals surface area (Å²) in [4.78, 5) is 23.2. The molecule has 6 nitrogen and oxygen atoms in total. The largest absolute Gasteiger partial charge is 0.497 e. The fourth-order valence-corrected chi connectivity index (χ4v) is 2.91. The normalized spacial score (nSPS) is 11.3. The van der Waals surface area contributed by atoms with Gasteiger partial charge in [-0.1, -0.05) is 15.9 Å². The average Bonchev–Trinajstić information content (AvgIpc) is 2.61. The predicted octanol–water partition coefficient (Wildman–Crippen LogP) is 5.47. The number of methoxy groups -OCH3 is 1. The number of rotatable bonds is 3. The lowest BCUT2D eigenvalue weighted by Gasteiger charge is -2.27. The first-order chi connectivity index (χ1) is 12.8. The van der Waals surface area contributed by atoms with Crippen LogP contribution in [0.2, 0.25) is 0 Å². The van der Waals surface area contributed by atoms with Gasteiger partial charge >= 0.3 is 6.09 Å². The second-order valence-corrected chi connectivity index (χ2v) is 7.79. The van der Waals surface area contributed by atoms with Gasteiger partial charge in [-0.3, -0.25) is 0 Å². The van der Waals surface area contributed by atoms with Crippen molar-refractivity contribution in [2.24, 2.45) is 0 Å². The molecule has 0 unspecified atom stereocenters. The Kier molecular flexibility index (Phi) is 5.32. The monoisotopic (exact) mass is 429 g/mol. The third-order valence-corrected chi connectivity index (χ3v) is 4.19. The van der Waals surface area contributed by atoms with Gasteiger partial charge in [0.05, 0.1) is 18.3 Å². The van der Waals surface area contributed by atoms with Gasteiger partial charge < -0.3 is 9.47 Å². The molecule has 0 atom stereocenters. The number of amides is 1. The van der Waals surface area contributed by atoms with Crippen molar-refractivity contribution in [1.82, 2.24) is 9.97 Å². The van der Waals surface area contributed by atoms with Gasteiger partial charge in [0.25, 0.3) is 0 Å². The second kappa shape index (κ2) is 7.52. The predicted molar refractivity (Wildman–Crippen MR) is 109 cm³/mol. The van der Waals surface area contributed by atoms with E-state index in [0.717, 1.165) is 15.4 Å². The van der Waals surface area contributed by atoms with Crippen LogP contribution in [-0.2, 0) is 4.74 Å². The Labute approximate surface area is 166 Å². The number of benzene rings is 2. The molecule has 7 heteroatoms. The summed E-state index contributed by atoms with van der Waals surface area (Å²) < 4.78 is 11.7. The van der Waals surface area contributed by atoms with Crippen LogP contribution < -0.4 is 9.64 Å². The summed E-state index contributed by atoms with van der Waals surface area (Å²) in [5.41, 5.74) is 0.695. The molecule has 0 saturated heterocycles. The van der Waals surface area contributed by atoms with Crippen molar-refractivity contribution in [3.8, 4) is 5.75 Å². The van der Waals surface area contributed by atoms with Crippen LogP contribution in [0.25, 0.3) is 10.9 Å². The molecule has 0 bridgehead atoms. The molecule has 3 aromatic rings. The third kappa shape index (κ3) is 4.36. The van der Waals surface area contributed by atoms with Gasteiger partial charge in [0, 0.05) is 9.86 Å². The van der Waals surface area contributed by atoms with Gasteiger partial charge in [-0.2, -0.15) is 0 Å². The van der Waals surface area contributed by atoms with Crippen LogP contribution >= 0.6 is 15.9 Å². The molecule has 0 spiro atoms. The minimum Gasteiger partial charge on any atom is -0.497 e. The molecule has 0 saturated carbocycles. The number of fused-ring (bicyclic) bond motifs is 1. The first-order valence-electron chi connectivity index (χ1n) is 8.36. The molecule has 27 heavy (non-hydrogen) atoms. The van der Waals surface area contributed by atoms with E-state index in [1.54, 1.807) is 31.4 Å². The van der Waals surface area contributed by atoms with E-state index in [4.69, 9.17) is 9.47 Å². The Morgan fingerprint density at radius 3 is 2.41 bits per heavy atom. The number of hydrogen-bond acceptors (Lipinski definition) is 5. The lowest BCUT2D eigenvalue weighted by atomic mass is 10.2. The van der Waals surface area contributed by atoms with Crippen LogP contribution in [0.1, 0.15) is 20.8 Å². The van der Waals surface area contributed by atoms with Gasteiger partial charge in [0.15, 0.2) is 5.82 Å². The van der Waals surface area contributed by atoms with Crippen molar-refractivity contribution in [3.05, 3.63) is 53.3 Å². The molecule has 1 amide bonds. The number of nitrogens with zero attached hydrogens (tertiary/aromatic N) is 3. The van der Waals surface area contributed by atoms with Crippen molar-refractivity contribution < 1.29 is 14.3 Å². The summed E-state index contributed by atoms with van der Waals surface area (Å²) in [6.07, 6.45) is 0.916. The molecular weight excluding hydrogens is 410 g/mol. The first kappa shape index (κ1) is 19.1. The van der Waals surface area contributed by atoms with Gasteiger partial charge in [0.2, 0.25) is 0 Å². The number of carbonyl (C=O) groups excluding carboxylic acids is 1. The summed E-state index contributed by atoms with van der Waals surface area (Å²) >= 11 is 3.47. The number of ether oxygens (including phenoxy) is 2. The standard InChI is InChI=1S/C20H20BrN3O3/c1-20(2,3)27-19(25)24(14-6-8-15(26-4)9-7-14)18-16-11-13(21)5-10-17(16)22-12-23-18/h5-12H,1-4H3. The Morgan fingerprint density at radius 1 is 1.07 bits per heavy atom. The van der Waals surface area contributed by atoms with E-state index in [1.165, 1.54) is 11.2 Å². The van der Waals surface area contributed by atoms with Crippen LogP contribution in [0.15, 0.2) is 53.3 Å². The second-order valence-electron chi connectivity index (χ2n) is 6.87. The van der Waals surface area contributed by atoms with E-state index in [9.17, 15) is 4.79 Å². The van der Waals surface area contributed by atoms with Gasteiger partial charge in [0.1, 0.15) is 17.7 Å². The van der Waals surface area contributed by atoms with E-state index in [-0.39, 0.29) is 0 Å². The highest BCUT2D eigenvalue weighted by Gasteiger charge is 2.27. The highest BCUT2D eigenvalue weighted by atomic mass is 79.9. The quantitative estimate of drug-likeness (QED) is 0.551. The molecule has 0 aliphatic carbocycles. The molecule has 2 aromatic carbocycles. The van der Waals surface area contributed by atoms with Crippen LogP contribution in [0.3, 0.4) is 0 Å². The van der Waals surface area contributed by atoms with E-state index in [2.05, 4.69) is 25.9 Å². The SMILES string of the molecule is COc1ccc(N(C(=O)OC(C)(C)C)c2ncnc3ccc(Br)cc23)cc1. The van der Waals surface area contributed by atoms with Crippen molar-refractivity contribution in [2.75, 3.05) is 12.0 Å². The molecule has 3 rings (SSSR count). The summed E-state index contributed by atoms with van der Waals surface area (Å²) in [7, 11) is 1.59. The zero-order chi connectivity index (χ0) is 19.6. The molecule has 0 fully saturated rings. The number of anilines is 2. The van der Waals surface area contributed by atoms with Crippen molar-refractivity contribution in [3.63, 3.8) is 0 Å². The van der Waals surface area contributed by atoms with Crippen molar-refractivity contribution in [2.45, 2.75) is 26.4 Å². The van der Waals surface area contributed by atoms with Crippen molar-refractivity contribution >= 4 is 44.4 Å². The first-order valence-corrected chi connectivity index (χ1v) is 9.15. The zero-order valence-electron chi connectivity index (χ0n) is 15.6. The fourth-order valence-electron chi connectivity index (χ4n) is 2.55. The van der Waals surface area contributed by atoms with Crippen LogP contribution in [0.5, 0.6) is 5.75 Å². The summed E-state index contributed by atoms with van der Waals surface area (Å²) in [5.74, 6) is 1.14. The average molecular weight is 430 g/mol. The lowest BCUT2D eigenvalue weighted by molar-refractivity contribution is 0.0598. The van der Waals surface area contributed by atoms with E-state index < -0.39 is 11.7 Å². The topological polar surface area (TPSA) is 64.5 Å². The van der Waals surface area contributed by atoms with E-state index in [0.29, 0.717) is 17.3 Å². The molecule has 0 radical (unpaired) electrons. The smallest absolute Gasteiger partial charge is 0.420 e. The molecule has 0 aliphatic heterocycles. The highest BCUT2D eigenvalue weighted by molar-refractivity contribution is 9.10. The van der Waals surface area contributed by atoms with E-state index >= 15 is 0 Å². The maximum Gasteiger partial charge on any atom is 0.420 e. The minimum atomic E-state index is -0.648. The number of hydrogen-bond donors (Lipinski definition) is 0. The maximum atomic E-state index is 13.0. The number of halogens is 1. The molecule has 140 valence electrons. The third-order valence-electron chi connectivity index (χ3n) is 3.69. The summed E-state index contributed by atoms with van der Waals surface area (Å²) in [6.45, 7) is 5.48. The van der Waals surface area contributed by atoms with Gasteiger partial charge in [-0.05, 0) is 63.2 Å². The Morgan fingerprint density at radius 2 is 1.78 bits per heavy atom. The molecule has 0 N–H and O–H groups in total. The summed E-state index contributed by atoms with van der Waals surface area (Å²) in [6, 6.07) is 12.8. The van der Waals surface area contributed by atoms with Gasteiger partial charge in [-0.15, -0.1) is 0 Å². The molecular formula is C20H20BrN3O3. The number of carbonyl (C=O) groups is 1. The Bertz CT molecular complexity index is 968. The van der Waals surface area contributed by atoms with Gasteiger partial charge in [-0.25, -0.2) is 19.7 Å². The molecule has 1 heterocycles. The zero-order valence-corrected chi connectivity index (χ0v) is 17.1. The van der Waals surface area contributed by atoms with E-state index in [1.807, 2.05) is 39.0 Å². The Balaban J connectivity index is 2.17. The molecule has 1 aromatic heterocycles. The number of aromatic nitrogens is 2. The van der Waals surface area contributed by atoms with Crippen LogP contribution in [-0.4, -0.2) is 28.8 Å². The fraction of sp³-hybridized carbons (Fsp3) is 0.250. The minimum absolute atomic E-state index is 0.445. The Hall–Kier alpha value is -2.67. The summed E-state index contributed by atoms with van der Waals surface area (Å²) in [5, 5.41) is 0.730. The van der Waals surface area contributed by atoms with Crippen LogP contribution in [0.4, 0.5) is 16.3 Å². The molecule has 0 aliphatic rings.